The molecule has 0 heterocycles. The van der Waals surface area contributed by atoms with E-state index >= 15 is 0 Å². The number of carbonyl (C=O) groups is 2. The van der Waals surface area contributed by atoms with Crippen molar-refractivity contribution in [2.45, 2.75) is 84.9 Å². The van der Waals surface area contributed by atoms with Crippen molar-refractivity contribution in [3.05, 3.63) is 35.9 Å². The normalized spacial score (nSPS) is 17.0. The molecule has 1 aromatic carbocycles. The van der Waals surface area contributed by atoms with Gasteiger partial charge in [-0.15, -0.1) is 0 Å². The van der Waals surface area contributed by atoms with E-state index in [4.69, 9.17) is 14.2 Å². The quantitative estimate of drug-likeness (QED) is 0.554. The maximum absolute atomic E-state index is 12.8. The first-order chi connectivity index (χ1) is 12.2. The number of ketones is 1. The minimum atomic E-state index is -1.02. The summed E-state index contributed by atoms with van der Waals surface area (Å²) in [5.41, 5.74) is -0.0312. The molecule has 0 saturated heterocycles. The van der Waals surface area contributed by atoms with Crippen LogP contribution in [0.15, 0.2) is 30.3 Å². The lowest BCUT2D eigenvalue weighted by atomic mass is 9.94. The van der Waals surface area contributed by atoms with Gasteiger partial charge in [-0.3, -0.25) is 4.79 Å². The Morgan fingerprint density at radius 1 is 1.04 bits per heavy atom. The Balaban J connectivity index is 2.66. The van der Waals surface area contributed by atoms with Crippen molar-refractivity contribution in [3.8, 4) is 0 Å². The number of rotatable bonds is 11. The number of benzene rings is 1. The van der Waals surface area contributed by atoms with Gasteiger partial charge in [0.2, 0.25) is 5.78 Å². The molecule has 0 aliphatic heterocycles. The molecular formula is C21H32O5. The predicted octanol–water partition coefficient (Wildman–Crippen LogP) is 4.08. The van der Waals surface area contributed by atoms with Crippen LogP contribution in [-0.4, -0.2) is 35.7 Å². The standard InChI is InChI=1S/C21H32O5/c1-7-15(3)25-17(5)20(23)26-16(4)19(22)21(6,8-2)24-14-18-12-10-9-11-13-18/h9-13,15-17H,7-8,14H2,1-6H3. The SMILES string of the molecule is CCC(C)OC(C)C(=O)OC(C)C(=O)C(C)(CC)OCc1ccccc1. The molecule has 0 saturated carbocycles. The highest BCUT2D eigenvalue weighted by Crippen LogP contribution is 2.22. The second kappa shape index (κ2) is 10.4. The molecule has 1 aromatic rings. The van der Waals surface area contributed by atoms with Crippen molar-refractivity contribution >= 4 is 11.8 Å². The molecule has 0 aromatic heterocycles. The molecule has 5 heteroatoms. The van der Waals surface area contributed by atoms with Gasteiger partial charge in [0.05, 0.1) is 12.7 Å². The number of carbonyl (C=O) groups excluding carboxylic acids is 2. The van der Waals surface area contributed by atoms with E-state index in [1.165, 1.54) is 0 Å². The van der Waals surface area contributed by atoms with Crippen LogP contribution >= 0.6 is 0 Å². The lowest BCUT2D eigenvalue weighted by Crippen LogP contribution is -2.45. The fraction of sp³-hybridized carbons (Fsp3) is 0.619. The Labute approximate surface area is 157 Å². The van der Waals surface area contributed by atoms with Crippen molar-refractivity contribution in [2.75, 3.05) is 0 Å². The summed E-state index contributed by atoms with van der Waals surface area (Å²) in [5, 5.41) is 0. The smallest absolute Gasteiger partial charge is 0.335 e. The van der Waals surface area contributed by atoms with E-state index in [0.29, 0.717) is 13.0 Å². The maximum atomic E-state index is 12.8. The van der Waals surface area contributed by atoms with Crippen LogP contribution in [0.4, 0.5) is 0 Å². The van der Waals surface area contributed by atoms with Crippen molar-refractivity contribution in [1.82, 2.24) is 0 Å². The summed E-state index contributed by atoms with van der Waals surface area (Å²) in [6.07, 6.45) is -0.365. The Kier molecular flexibility index (Phi) is 8.96. The van der Waals surface area contributed by atoms with Gasteiger partial charge < -0.3 is 14.2 Å². The summed E-state index contributed by atoms with van der Waals surface area (Å²) in [7, 11) is 0. The molecule has 5 nitrogen and oxygen atoms in total. The van der Waals surface area contributed by atoms with Crippen LogP contribution in [0.1, 0.15) is 59.9 Å². The van der Waals surface area contributed by atoms with E-state index in [2.05, 4.69) is 0 Å². The molecule has 4 unspecified atom stereocenters. The van der Waals surface area contributed by atoms with Crippen molar-refractivity contribution in [1.29, 1.82) is 0 Å². The molecule has 0 bridgehead atoms. The van der Waals surface area contributed by atoms with Gasteiger partial charge in [0.25, 0.3) is 0 Å². The number of Topliss-reactive ketones (excluding diaryl/α,β-unsaturated/α-hetero) is 1. The van der Waals surface area contributed by atoms with Crippen LogP contribution in [0, 0.1) is 0 Å². The van der Waals surface area contributed by atoms with E-state index in [1.807, 2.05) is 51.1 Å². The molecular weight excluding hydrogens is 332 g/mol. The van der Waals surface area contributed by atoms with Gasteiger partial charge >= 0.3 is 5.97 Å². The van der Waals surface area contributed by atoms with Crippen molar-refractivity contribution in [2.24, 2.45) is 0 Å². The summed E-state index contributed by atoms with van der Waals surface area (Å²) < 4.78 is 16.8. The van der Waals surface area contributed by atoms with Gasteiger partial charge in [0, 0.05) is 0 Å². The van der Waals surface area contributed by atoms with Gasteiger partial charge in [-0.05, 0) is 46.1 Å². The first-order valence-corrected chi connectivity index (χ1v) is 9.31. The molecule has 0 N–H and O–H groups in total. The van der Waals surface area contributed by atoms with Crippen LogP contribution in [0.5, 0.6) is 0 Å². The zero-order chi connectivity index (χ0) is 19.7. The van der Waals surface area contributed by atoms with Crippen LogP contribution < -0.4 is 0 Å². The second-order valence-corrected chi connectivity index (χ2v) is 6.80. The van der Waals surface area contributed by atoms with Crippen molar-refractivity contribution < 1.29 is 23.8 Å². The molecule has 0 aliphatic carbocycles. The van der Waals surface area contributed by atoms with Gasteiger partial charge in [-0.25, -0.2) is 4.79 Å². The molecule has 26 heavy (non-hydrogen) atoms. The van der Waals surface area contributed by atoms with Crippen LogP contribution in [0.25, 0.3) is 0 Å². The largest absolute Gasteiger partial charge is 0.453 e. The first kappa shape index (κ1) is 22.3. The zero-order valence-electron chi connectivity index (χ0n) is 16.8. The molecule has 1 rings (SSSR count). The lowest BCUT2D eigenvalue weighted by molar-refractivity contribution is -0.174. The zero-order valence-corrected chi connectivity index (χ0v) is 16.8. The van der Waals surface area contributed by atoms with Gasteiger partial charge in [0.1, 0.15) is 5.60 Å². The maximum Gasteiger partial charge on any atom is 0.335 e. The van der Waals surface area contributed by atoms with Crippen LogP contribution in [0.2, 0.25) is 0 Å². The molecule has 0 aliphatic rings. The number of hydrogen-bond donors (Lipinski definition) is 0. The lowest BCUT2D eigenvalue weighted by Gasteiger charge is -2.30. The van der Waals surface area contributed by atoms with E-state index in [1.54, 1.807) is 20.8 Å². The van der Waals surface area contributed by atoms with Gasteiger partial charge in [0.15, 0.2) is 12.2 Å². The average molecular weight is 364 g/mol. The Hall–Kier alpha value is -1.72. The third-order valence-corrected chi connectivity index (χ3v) is 4.60. The van der Waals surface area contributed by atoms with Gasteiger partial charge in [-0.1, -0.05) is 44.2 Å². The van der Waals surface area contributed by atoms with Crippen LogP contribution in [-0.2, 0) is 30.4 Å². The van der Waals surface area contributed by atoms with E-state index in [9.17, 15) is 9.59 Å². The topological polar surface area (TPSA) is 61.8 Å². The molecule has 146 valence electrons. The Morgan fingerprint density at radius 3 is 2.19 bits per heavy atom. The van der Waals surface area contributed by atoms with Crippen LogP contribution in [0.3, 0.4) is 0 Å². The van der Waals surface area contributed by atoms with E-state index in [-0.39, 0.29) is 11.9 Å². The minimum absolute atomic E-state index is 0.0429. The summed E-state index contributed by atoms with van der Waals surface area (Å²) in [4.78, 5) is 25.0. The Morgan fingerprint density at radius 2 is 1.65 bits per heavy atom. The third-order valence-electron chi connectivity index (χ3n) is 4.60. The summed E-state index contributed by atoms with van der Waals surface area (Å²) in [6, 6.07) is 9.66. The monoisotopic (exact) mass is 364 g/mol. The highest BCUT2D eigenvalue weighted by Gasteiger charge is 2.38. The summed E-state index contributed by atoms with van der Waals surface area (Å²) >= 11 is 0. The van der Waals surface area contributed by atoms with Gasteiger partial charge in [-0.2, -0.15) is 0 Å². The highest BCUT2D eigenvalue weighted by molar-refractivity contribution is 5.92. The number of ether oxygens (including phenoxy) is 3. The average Bonchev–Trinajstić information content (AvgIpc) is 2.65. The summed E-state index contributed by atoms with van der Waals surface area (Å²) in [5.74, 6) is -0.785. The molecule has 4 atom stereocenters. The minimum Gasteiger partial charge on any atom is -0.453 e. The highest BCUT2D eigenvalue weighted by atomic mass is 16.6. The first-order valence-electron chi connectivity index (χ1n) is 9.31. The van der Waals surface area contributed by atoms with E-state index < -0.39 is 23.8 Å². The van der Waals surface area contributed by atoms with E-state index in [0.717, 1.165) is 12.0 Å². The fourth-order valence-corrected chi connectivity index (χ4v) is 2.42. The molecule has 0 spiro atoms. The number of hydrogen-bond acceptors (Lipinski definition) is 5. The Bertz CT molecular complexity index is 571. The summed E-state index contributed by atoms with van der Waals surface area (Å²) in [6.45, 7) is 11.0. The molecule has 0 radical (unpaired) electrons. The predicted molar refractivity (Wildman–Crippen MR) is 101 cm³/mol. The second-order valence-electron chi connectivity index (χ2n) is 6.80. The van der Waals surface area contributed by atoms with Crippen molar-refractivity contribution in [3.63, 3.8) is 0 Å². The molecule has 0 fully saturated rings. The molecule has 0 amide bonds. The third kappa shape index (κ3) is 6.54. The fourth-order valence-electron chi connectivity index (χ4n) is 2.42. The number of esters is 1.